The minimum Gasteiger partial charge on any atom is -0.356 e. The van der Waals surface area contributed by atoms with Gasteiger partial charge in [0.05, 0.1) is 0 Å². The van der Waals surface area contributed by atoms with Crippen LogP contribution in [0.15, 0.2) is 54.6 Å². The van der Waals surface area contributed by atoms with Crippen LogP contribution in [0.2, 0.25) is 0 Å². The third-order valence-electron chi connectivity index (χ3n) is 4.88. The van der Waals surface area contributed by atoms with E-state index < -0.39 is 0 Å². The monoisotopic (exact) mass is 345 g/mol. The molecular formula is C22H23N3O. The maximum absolute atomic E-state index is 11.6. The Morgan fingerprint density at radius 1 is 0.962 bits per heavy atom. The van der Waals surface area contributed by atoms with Crippen molar-refractivity contribution in [3.63, 3.8) is 0 Å². The van der Waals surface area contributed by atoms with Gasteiger partial charge in [0, 0.05) is 25.4 Å². The molecule has 132 valence electrons. The Hall–Kier alpha value is -2.88. The molecule has 0 saturated carbocycles. The Balaban J connectivity index is 1.84. The molecule has 1 amide bonds. The topological polar surface area (TPSA) is 45.2 Å². The second-order valence-electron chi connectivity index (χ2n) is 6.86. The van der Waals surface area contributed by atoms with Crippen molar-refractivity contribution in [3.8, 4) is 11.1 Å². The molecule has 0 unspecified atom stereocenters. The molecule has 4 nitrogen and oxygen atoms in total. The number of aromatic nitrogens is 1. The molecule has 0 radical (unpaired) electrons. The zero-order valence-electron chi connectivity index (χ0n) is 15.0. The summed E-state index contributed by atoms with van der Waals surface area (Å²) < 4.78 is 0. The van der Waals surface area contributed by atoms with E-state index in [4.69, 9.17) is 4.98 Å². The molecule has 1 saturated heterocycles. The fraction of sp³-hybridized carbons (Fsp3) is 0.273. The standard InChI is InChI=1S/C22H23N3O/c1-16(26)23-21-15-19-14-18(17-8-4-2-5-9-17)10-11-20(19)22(24-21)25-12-6-3-7-13-25/h2,4-5,8-11,14-15H,3,6-7,12-13H2,1H3,(H,23,24,26). The highest BCUT2D eigenvalue weighted by molar-refractivity contribution is 5.99. The van der Waals surface area contributed by atoms with Crippen molar-refractivity contribution in [1.29, 1.82) is 0 Å². The van der Waals surface area contributed by atoms with Crippen LogP contribution < -0.4 is 10.2 Å². The average molecular weight is 345 g/mol. The minimum atomic E-state index is -0.0966. The zero-order valence-corrected chi connectivity index (χ0v) is 15.0. The zero-order chi connectivity index (χ0) is 17.9. The maximum atomic E-state index is 11.6. The first-order valence-electron chi connectivity index (χ1n) is 9.23. The first kappa shape index (κ1) is 16.6. The van der Waals surface area contributed by atoms with Crippen molar-refractivity contribution in [3.05, 3.63) is 54.6 Å². The second kappa shape index (κ2) is 7.16. The molecule has 1 fully saturated rings. The Kier molecular flexibility index (Phi) is 4.57. The molecule has 4 rings (SSSR count). The van der Waals surface area contributed by atoms with Crippen molar-refractivity contribution in [1.82, 2.24) is 4.98 Å². The number of hydrogen-bond donors (Lipinski definition) is 1. The van der Waals surface area contributed by atoms with Crippen LogP contribution >= 0.6 is 0 Å². The van der Waals surface area contributed by atoms with Crippen molar-refractivity contribution >= 4 is 28.3 Å². The lowest BCUT2D eigenvalue weighted by Crippen LogP contribution is -2.30. The van der Waals surface area contributed by atoms with Gasteiger partial charge in [-0.15, -0.1) is 0 Å². The van der Waals surface area contributed by atoms with Crippen molar-refractivity contribution in [2.24, 2.45) is 0 Å². The van der Waals surface area contributed by atoms with Crippen LogP contribution in [0.1, 0.15) is 26.2 Å². The summed E-state index contributed by atoms with van der Waals surface area (Å²) in [5.41, 5.74) is 2.36. The number of fused-ring (bicyclic) bond motifs is 1. The number of piperidine rings is 1. The summed E-state index contributed by atoms with van der Waals surface area (Å²) in [6.07, 6.45) is 3.66. The van der Waals surface area contributed by atoms with Crippen molar-refractivity contribution in [2.75, 3.05) is 23.3 Å². The van der Waals surface area contributed by atoms with E-state index in [1.807, 2.05) is 24.3 Å². The molecule has 3 aromatic rings. The molecule has 0 atom stereocenters. The Bertz CT molecular complexity index is 931. The van der Waals surface area contributed by atoms with Gasteiger partial charge in [-0.3, -0.25) is 4.79 Å². The Labute approximate surface area is 153 Å². The quantitative estimate of drug-likeness (QED) is 0.738. The first-order chi connectivity index (χ1) is 12.7. The number of amides is 1. The van der Waals surface area contributed by atoms with E-state index in [0.717, 1.165) is 29.7 Å². The van der Waals surface area contributed by atoms with Gasteiger partial charge in [0.15, 0.2) is 0 Å². The van der Waals surface area contributed by atoms with Gasteiger partial charge in [-0.05, 0) is 47.9 Å². The second-order valence-corrected chi connectivity index (χ2v) is 6.86. The molecule has 1 N–H and O–H groups in total. The lowest BCUT2D eigenvalue weighted by Gasteiger charge is -2.29. The predicted molar refractivity (Wildman–Crippen MR) is 108 cm³/mol. The summed E-state index contributed by atoms with van der Waals surface area (Å²) >= 11 is 0. The molecule has 26 heavy (non-hydrogen) atoms. The Morgan fingerprint density at radius 2 is 1.73 bits per heavy atom. The summed E-state index contributed by atoms with van der Waals surface area (Å²) in [4.78, 5) is 18.7. The average Bonchev–Trinajstić information content (AvgIpc) is 2.68. The van der Waals surface area contributed by atoms with Crippen LogP contribution in [-0.4, -0.2) is 24.0 Å². The predicted octanol–water partition coefficient (Wildman–Crippen LogP) is 4.85. The largest absolute Gasteiger partial charge is 0.356 e. The number of rotatable bonds is 3. The molecule has 0 bridgehead atoms. The molecule has 1 aromatic heterocycles. The molecule has 0 spiro atoms. The summed E-state index contributed by atoms with van der Waals surface area (Å²) in [6, 6.07) is 18.8. The highest BCUT2D eigenvalue weighted by Gasteiger charge is 2.17. The fourth-order valence-electron chi connectivity index (χ4n) is 3.64. The number of nitrogens with one attached hydrogen (secondary N) is 1. The van der Waals surface area contributed by atoms with E-state index in [1.165, 1.54) is 37.3 Å². The summed E-state index contributed by atoms with van der Waals surface area (Å²) in [6.45, 7) is 3.56. The summed E-state index contributed by atoms with van der Waals surface area (Å²) in [5.74, 6) is 1.50. The van der Waals surface area contributed by atoms with Crippen LogP contribution in [0.4, 0.5) is 11.6 Å². The number of benzene rings is 2. The lowest BCUT2D eigenvalue weighted by molar-refractivity contribution is -0.114. The SMILES string of the molecule is CC(=O)Nc1cc2cc(-c3ccccc3)ccc2c(N2CCCCC2)n1. The molecule has 2 aromatic carbocycles. The maximum Gasteiger partial charge on any atom is 0.222 e. The van der Waals surface area contributed by atoms with Gasteiger partial charge in [-0.25, -0.2) is 4.98 Å². The van der Waals surface area contributed by atoms with Crippen LogP contribution in [0.25, 0.3) is 21.9 Å². The van der Waals surface area contributed by atoms with E-state index in [0.29, 0.717) is 5.82 Å². The smallest absolute Gasteiger partial charge is 0.222 e. The van der Waals surface area contributed by atoms with E-state index in [1.54, 1.807) is 0 Å². The number of nitrogens with zero attached hydrogens (tertiary/aromatic N) is 2. The van der Waals surface area contributed by atoms with Crippen molar-refractivity contribution < 1.29 is 4.79 Å². The van der Waals surface area contributed by atoms with Crippen LogP contribution in [-0.2, 0) is 4.79 Å². The fourth-order valence-corrected chi connectivity index (χ4v) is 3.64. The highest BCUT2D eigenvalue weighted by Crippen LogP contribution is 2.32. The van der Waals surface area contributed by atoms with Gasteiger partial charge in [0.1, 0.15) is 11.6 Å². The van der Waals surface area contributed by atoms with Crippen LogP contribution in [0.3, 0.4) is 0 Å². The number of anilines is 2. The molecule has 1 aliphatic heterocycles. The number of carbonyl (C=O) groups is 1. The molecule has 1 aliphatic rings. The minimum absolute atomic E-state index is 0.0966. The van der Waals surface area contributed by atoms with Gasteiger partial charge in [0.2, 0.25) is 5.91 Å². The van der Waals surface area contributed by atoms with Crippen molar-refractivity contribution in [2.45, 2.75) is 26.2 Å². The highest BCUT2D eigenvalue weighted by atomic mass is 16.1. The van der Waals surface area contributed by atoms with Gasteiger partial charge in [0.25, 0.3) is 0 Å². The third-order valence-corrected chi connectivity index (χ3v) is 4.88. The normalized spacial score (nSPS) is 14.4. The van der Waals surface area contributed by atoms with Crippen LogP contribution in [0, 0.1) is 0 Å². The first-order valence-corrected chi connectivity index (χ1v) is 9.23. The van der Waals surface area contributed by atoms with Gasteiger partial charge in [-0.1, -0.05) is 42.5 Å². The van der Waals surface area contributed by atoms with E-state index >= 15 is 0 Å². The Morgan fingerprint density at radius 3 is 2.46 bits per heavy atom. The van der Waals surface area contributed by atoms with E-state index in [-0.39, 0.29) is 5.91 Å². The van der Waals surface area contributed by atoms with Crippen LogP contribution in [0.5, 0.6) is 0 Å². The van der Waals surface area contributed by atoms with Gasteiger partial charge in [-0.2, -0.15) is 0 Å². The molecule has 2 heterocycles. The summed E-state index contributed by atoms with van der Waals surface area (Å²) in [5, 5.41) is 5.10. The third kappa shape index (κ3) is 3.40. The van der Waals surface area contributed by atoms with E-state index in [9.17, 15) is 4.79 Å². The van der Waals surface area contributed by atoms with E-state index in [2.05, 4.69) is 40.5 Å². The molecule has 4 heteroatoms. The summed E-state index contributed by atoms with van der Waals surface area (Å²) in [7, 11) is 0. The number of pyridine rings is 1. The lowest BCUT2D eigenvalue weighted by atomic mass is 10.0. The molecule has 0 aliphatic carbocycles. The molecular weight excluding hydrogens is 322 g/mol. The van der Waals surface area contributed by atoms with Gasteiger partial charge >= 0.3 is 0 Å². The number of hydrogen-bond acceptors (Lipinski definition) is 3. The van der Waals surface area contributed by atoms with Gasteiger partial charge < -0.3 is 10.2 Å². The number of carbonyl (C=O) groups excluding carboxylic acids is 1.